The zero-order chi connectivity index (χ0) is 14.2. The first kappa shape index (κ1) is 12.6. The summed E-state index contributed by atoms with van der Waals surface area (Å²) in [5.41, 5.74) is 9.04. The highest BCUT2D eigenvalue weighted by molar-refractivity contribution is 7.99. The molecule has 1 aromatic carbocycles. The molecule has 4 rings (SSSR count). The highest BCUT2D eigenvalue weighted by Crippen LogP contribution is 2.34. The molecule has 6 heteroatoms. The fourth-order valence-electron chi connectivity index (χ4n) is 2.70. The van der Waals surface area contributed by atoms with E-state index in [9.17, 15) is 0 Å². The van der Waals surface area contributed by atoms with Gasteiger partial charge in [0.2, 0.25) is 0 Å². The molecule has 5 nitrogen and oxygen atoms in total. The topological polar surface area (TPSA) is 69.1 Å². The van der Waals surface area contributed by atoms with Crippen LogP contribution in [0.5, 0.6) is 0 Å². The van der Waals surface area contributed by atoms with Gasteiger partial charge in [0.25, 0.3) is 5.78 Å². The standard InChI is InChI=1S/C15H15N5S/c16-10-5-7-11(8-6-10)21-14-12-3-1-2-4-13(12)19-15-17-9-18-20(14)15/h5-9H,1-4,16H2. The summed E-state index contributed by atoms with van der Waals surface area (Å²) in [5.74, 6) is 0.689. The van der Waals surface area contributed by atoms with Crippen LogP contribution in [0.15, 0.2) is 40.5 Å². The zero-order valence-electron chi connectivity index (χ0n) is 11.5. The molecule has 0 bridgehead atoms. The Morgan fingerprint density at radius 3 is 2.76 bits per heavy atom. The number of fused-ring (bicyclic) bond motifs is 2. The van der Waals surface area contributed by atoms with Gasteiger partial charge in [0.1, 0.15) is 11.4 Å². The molecule has 21 heavy (non-hydrogen) atoms. The van der Waals surface area contributed by atoms with Crippen LogP contribution in [-0.4, -0.2) is 19.6 Å². The minimum atomic E-state index is 0.689. The molecular formula is C15H15N5S. The minimum absolute atomic E-state index is 0.689. The van der Waals surface area contributed by atoms with Crippen LogP contribution < -0.4 is 5.73 Å². The Morgan fingerprint density at radius 1 is 1.10 bits per heavy atom. The van der Waals surface area contributed by atoms with E-state index < -0.39 is 0 Å². The number of hydrogen-bond acceptors (Lipinski definition) is 5. The molecule has 0 radical (unpaired) electrons. The van der Waals surface area contributed by atoms with Crippen LogP contribution >= 0.6 is 11.8 Å². The van der Waals surface area contributed by atoms with Crippen molar-refractivity contribution in [3.05, 3.63) is 41.9 Å². The largest absolute Gasteiger partial charge is 0.399 e. The van der Waals surface area contributed by atoms with Crippen LogP contribution in [0.2, 0.25) is 0 Å². The third-order valence-corrected chi connectivity index (χ3v) is 4.87. The molecule has 0 saturated carbocycles. The van der Waals surface area contributed by atoms with Crippen LogP contribution in [0.1, 0.15) is 24.1 Å². The van der Waals surface area contributed by atoms with Gasteiger partial charge >= 0.3 is 0 Å². The normalized spacial score (nSPS) is 14.3. The van der Waals surface area contributed by atoms with Gasteiger partial charge in [-0.3, -0.25) is 0 Å². The number of rotatable bonds is 2. The van der Waals surface area contributed by atoms with Crippen molar-refractivity contribution in [1.82, 2.24) is 19.6 Å². The van der Waals surface area contributed by atoms with Crippen molar-refractivity contribution in [1.29, 1.82) is 0 Å². The number of benzene rings is 1. The Kier molecular flexibility index (Phi) is 3.03. The van der Waals surface area contributed by atoms with Gasteiger partial charge in [0.05, 0.1) is 5.69 Å². The van der Waals surface area contributed by atoms with Gasteiger partial charge in [-0.1, -0.05) is 11.8 Å². The summed E-state index contributed by atoms with van der Waals surface area (Å²) in [7, 11) is 0. The summed E-state index contributed by atoms with van der Waals surface area (Å²) in [6, 6.07) is 7.93. The Morgan fingerprint density at radius 2 is 1.90 bits per heavy atom. The van der Waals surface area contributed by atoms with Crippen molar-refractivity contribution in [2.24, 2.45) is 0 Å². The second-order valence-electron chi connectivity index (χ2n) is 5.19. The van der Waals surface area contributed by atoms with E-state index in [2.05, 4.69) is 15.1 Å². The zero-order valence-corrected chi connectivity index (χ0v) is 12.3. The Hall–Kier alpha value is -2.08. The molecule has 0 fully saturated rings. The lowest BCUT2D eigenvalue weighted by molar-refractivity contribution is 0.635. The maximum Gasteiger partial charge on any atom is 0.253 e. The smallest absolute Gasteiger partial charge is 0.253 e. The predicted octanol–water partition coefficient (Wildman–Crippen LogP) is 2.74. The van der Waals surface area contributed by atoms with Crippen molar-refractivity contribution in [2.75, 3.05) is 5.73 Å². The molecule has 0 unspecified atom stereocenters. The number of nitrogens with two attached hydrogens (primary N) is 1. The van der Waals surface area contributed by atoms with Gasteiger partial charge in [-0.25, -0.2) is 4.98 Å². The molecule has 0 amide bonds. The summed E-state index contributed by atoms with van der Waals surface area (Å²) in [4.78, 5) is 10.1. The van der Waals surface area contributed by atoms with E-state index in [1.165, 1.54) is 24.1 Å². The Bertz CT molecular complexity index is 794. The summed E-state index contributed by atoms with van der Waals surface area (Å²) in [5, 5.41) is 5.47. The number of nitrogen functional groups attached to an aromatic ring is 1. The quantitative estimate of drug-likeness (QED) is 0.582. The van der Waals surface area contributed by atoms with E-state index in [1.54, 1.807) is 18.1 Å². The molecular weight excluding hydrogens is 282 g/mol. The van der Waals surface area contributed by atoms with Crippen LogP contribution in [0.4, 0.5) is 5.69 Å². The average Bonchev–Trinajstić information content (AvgIpc) is 2.97. The van der Waals surface area contributed by atoms with E-state index >= 15 is 0 Å². The first-order chi connectivity index (χ1) is 10.3. The second kappa shape index (κ2) is 5.04. The Balaban J connectivity index is 1.85. The third kappa shape index (κ3) is 2.25. The Labute approximate surface area is 126 Å². The van der Waals surface area contributed by atoms with Crippen molar-refractivity contribution < 1.29 is 0 Å². The van der Waals surface area contributed by atoms with Crippen molar-refractivity contribution in [3.8, 4) is 0 Å². The van der Waals surface area contributed by atoms with Gasteiger partial charge in [0, 0.05) is 16.1 Å². The molecule has 2 N–H and O–H groups in total. The molecule has 3 aromatic rings. The minimum Gasteiger partial charge on any atom is -0.399 e. The molecule has 106 valence electrons. The van der Waals surface area contributed by atoms with E-state index in [0.717, 1.165) is 28.5 Å². The first-order valence-corrected chi connectivity index (χ1v) is 7.88. The SMILES string of the molecule is Nc1ccc(Sc2c3c(nc4ncnn24)CCCC3)cc1. The molecule has 0 spiro atoms. The van der Waals surface area contributed by atoms with Crippen LogP contribution in [-0.2, 0) is 12.8 Å². The van der Waals surface area contributed by atoms with Gasteiger partial charge in [-0.15, -0.1) is 0 Å². The molecule has 0 saturated heterocycles. The lowest BCUT2D eigenvalue weighted by Gasteiger charge is -2.18. The molecule has 2 aromatic heterocycles. The molecule has 0 atom stereocenters. The summed E-state index contributed by atoms with van der Waals surface area (Å²) in [6.07, 6.45) is 6.09. The highest BCUT2D eigenvalue weighted by atomic mass is 32.2. The monoisotopic (exact) mass is 297 g/mol. The van der Waals surface area contributed by atoms with Gasteiger partial charge < -0.3 is 5.73 Å². The van der Waals surface area contributed by atoms with E-state index in [4.69, 9.17) is 5.73 Å². The van der Waals surface area contributed by atoms with E-state index in [-0.39, 0.29) is 0 Å². The highest BCUT2D eigenvalue weighted by Gasteiger charge is 2.20. The molecule has 1 aliphatic rings. The fourth-order valence-corrected chi connectivity index (χ4v) is 3.75. The molecule has 1 aliphatic carbocycles. The van der Waals surface area contributed by atoms with Crippen LogP contribution in [0, 0.1) is 0 Å². The van der Waals surface area contributed by atoms with Gasteiger partial charge in [0.15, 0.2) is 0 Å². The maximum absolute atomic E-state index is 5.76. The lowest BCUT2D eigenvalue weighted by Crippen LogP contribution is -2.11. The van der Waals surface area contributed by atoms with Crippen molar-refractivity contribution in [3.63, 3.8) is 0 Å². The number of hydrogen-bond donors (Lipinski definition) is 1. The van der Waals surface area contributed by atoms with Crippen LogP contribution in [0.3, 0.4) is 0 Å². The van der Waals surface area contributed by atoms with Gasteiger partial charge in [-0.05, 0) is 49.9 Å². The van der Waals surface area contributed by atoms with Crippen LogP contribution in [0.25, 0.3) is 5.78 Å². The number of nitrogens with zero attached hydrogens (tertiary/aromatic N) is 4. The van der Waals surface area contributed by atoms with E-state index in [1.807, 2.05) is 28.8 Å². The summed E-state index contributed by atoms with van der Waals surface area (Å²) >= 11 is 1.71. The number of aromatic nitrogens is 4. The van der Waals surface area contributed by atoms with Crippen molar-refractivity contribution in [2.45, 2.75) is 35.6 Å². The summed E-state index contributed by atoms with van der Waals surface area (Å²) in [6.45, 7) is 0. The van der Waals surface area contributed by atoms with E-state index in [0.29, 0.717) is 5.78 Å². The third-order valence-electron chi connectivity index (χ3n) is 3.75. The summed E-state index contributed by atoms with van der Waals surface area (Å²) < 4.78 is 1.85. The van der Waals surface area contributed by atoms with Crippen molar-refractivity contribution >= 4 is 23.2 Å². The maximum atomic E-state index is 5.76. The predicted molar refractivity (Wildman–Crippen MR) is 82.4 cm³/mol. The second-order valence-corrected chi connectivity index (χ2v) is 6.25. The number of aryl methyl sites for hydroxylation is 1. The first-order valence-electron chi connectivity index (χ1n) is 7.06. The molecule has 2 heterocycles. The van der Waals surface area contributed by atoms with Gasteiger partial charge in [-0.2, -0.15) is 14.6 Å². The average molecular weight is 297 g/mol. The lowest BCUT2D eigenvalue weighted by atomic mass is 9.97. The number of anilines is 1. The molecule has 0 aliphatic heterocycles. The fraction of sp³-hybridized carbons (Fsp3) is 0.267.